The second-order valence-electron chi connectivity index (χ2n) is 5.98. The van der Waals surface area contributed by atoms with Gasteiger partial charge in [-0.25, -0.2) is 0 Å². The van der Waals surface area contributed by atoms with E-state index >= 15 is 0 Å². The lowest BCUT2D eigenvalue weighted by molar-refractivity contribution is 0.0943. The molecule has 1 fully saturated rings. The molecule has 7 heteroatoms. The normalized spacial score (nSPS) is 15.4. The summed E-state index contributed by atoms with van der Waals surface area (Å²) >= 11 is 9.03. The van der Waals surface area contributed by atoms with Gasteiger partial charge >= 0.3 is 0 Å². The summed E-state index contributed by atoms with van der Waals surface area (Å²) in [5, 5.41) is 3.47. The van der Waals surface area contributed by atoms with Crippen LogP contribution >= 0.6 is 35.7 Å². The number of amides is 1. The third-order valence-corrected chi connectivity index (χ3v) is 6.15. The fourth-order valence-electron chi connectivity index (χ4n) is 1.90. The number of thioether (sulfide) groups is 2. The van der Waals surface area contributed by atoms with E-state index in [-0.39, 0.29) is 11.4 Å². The Morgan fingerprint density at radius 3 is 2.27 bits per heavy atom. The van der Waals surface area contributed by atoms with Gasteiger partial charge in [-0.1, -0.05) is 12.1 Å². The molecular weight excluding hydrogens is 334 g/mol. The summed E-state index contributed by atoms with van der Waals surface area (Å²) in [6.45, 7) is 6.00. The van der Waals surface area contributed by atoms with Gasteiger partial charge in [0.05, 0.1) is 4.58 Å². The number of carbonyl (C=O) groups is 1. The summed E-state index contributed by atoms with van der Waals surface area (Å²) in [6, 6.07) is 7.76. The molecule has 0 atom stereocenters. The molecule has 3 N–H and O–H groups in total. The number of rotatable bonds is 2. The minimum Gasteiger partial charge on any atom is -0.357 e. The largest absolute Gasteiger partial charge is 0.357 e. The molecule has 0 saturated carbocycles. The smallest absolute Gasteiger partial charge is 0.269 e. The summed E-state index contributed by atoms with van der Waals surface area (Å²) in [4.78, 5) is 12.1. The number of hydrogen-bond donors (Lipinski definition) is 3. The van der Waals surface area contributed by atoms with Gasteiger partial charge in [0, 0.05) is 22.6 Å². The van der Waals surface area contributed by atoms with Gasteiger partial charge in [-0.15, -0.1) is 23.5 Å². The van der Waals surface area contributed by atoms with Crippen molar-refractivity contribution in [1.82, 2.24) is 16.2 Å². The van der Waals surface area contributed by atoms with Crippen molar-refractivity contribution in [2.24, 2.45) is 0 Å². The highest BCUT2D eigenvalue weighted by Crippen LogP contribution is 2.45. The van der Waals surface area contributed by atoms with E-state index in [4.69, 9.17) is 12.2 Å². The maximum atomic E-state index is 12.1. The van der Waals surface area contributed by atoms with Gasteiger partial charge < -0.3 is 5.32 Å². The highest BCUT2D eigenvalue weighted by Gasteiger charge is 2.18. The van der Waals surface area contributed by atoms with Crippen molar-refractivity contribution >= 4 is 46.8 Å². The summed E-state index contributed by atoms with van der Waals surface area (Å²) in [6.07, 6.45) is 0. The van der Waals surface area contributed by atoms with Crippen LogP contribution in [0.25, 0.3) is 0 Å². The Kier molecular flexibility index (Phi) is 6.00. The molecule has 0 unspecified atom stereocenters. The maximum Gasteiger partial charge on any atom is 0.269 e. The number of carbonyl (C=O) groups excluding carboxylic acids is 1. The van der Waals surface area contributed by atoms with E-state index in [0.29, 0.717) is 15.3 Å². The maximum absolute atomic E-state index is 12.1. The lowest BCUT2D eigenvalue weighted by atomic mass is 10.1. The third-order valence-electron chi connectivity index (χ3n) is 2.84. The van der Waals surface area contributed by atoms with E-state index in [1.54, 1.807) is 0 Å². The Bertz CT molecular complexity index is 534. The van der Waals surface area contributed by atoms with E-state index in [9.17, 15) is 4.79 Å². The first-order valence-electron chi connectivity index (χ1n) is 7.07. The molecule has 0 radical (unpaired) electrons. The molecule has 0 spiro atoms. The fraction of sp³-hybridized carbons (Fsp3) is 0.467. The van der Waals surface area contributed by atoms with Crippen LogP contribution in [0, 0.1) is 0 Å². The topological polar surface area (TPSA) is 53.2 Å². The standard InChI is InChI=1S/C15H21N3OS3/c1-15(2,3)16-14(20)18-17-12(19)10-4-6-11(7-5-10)13-21-8-9-22-13/h4-7,13H,8-9H2,1-3H3,(H,17,19)(H2,16,18,20). The number of nitrogens with one attached hydrogen (secondary N) is 3. The van der Waals surface area contributed by atoms with Crippen molar-refractivity contribution < 1.29 is 4.79 Å². The van der Waals surface area contributed by atoms with Crippen LogP contribution in [0.15, 0.2) is 24.3 Å². The zero-order valence-electron chi connectivity index (χ0n) is 12.9. The van der Waals surface area contributed by atoms with Crippen molar-refractivity contribution in [1.29, 1.82) is 0 Å². The Hall–Kier alpha value is -0.920. The molecular formula is C15H21N3OS3. The summed E-state index contributed by atoms with van der Waals surface area (Å²) in [5.41, 5.74) is 7.06. The van der Waals surface area contributed by atoms with Crippen LogP contribution in [0.2, 0.25) is 0 Å². The Morgan fingerprint density at radius 2 is 1.73 bits per heavy atom. The number of thiocarbonyl (C=S) groups is 1. The Morgan fingerprint density at radius 1 is 1.14 bits per heavy atom. The van der Waals surface area contributed by atoms with Crippen LogP contribution in [0.4, 0.5) is 0 Å². The van der Waals surface area contributed by atoms with E-state index in [2.05, 4.69) is 16.2 Å². The molecule has 1 aromatic carbocycles. The second-order valence-corrected chi connectivity index (χ2v) is 9.11. The van der Waals surface area contributed by atoms with Gasteiger partial charge in [0.15, 0.2) is 5.11 Å². The molecule has 0 bridgehead atoms. The summed E-state index contributed by atoms with van der Waals surface area (Å²) in [5.74, 6) is 2.19. The summed E-state index contributed by atoms with van der Waals surface area (Å²) in [7, 11) is 0. The molecule has 4 nitrogen and oxygen atoms in total. The van der Waals surface area contributed by atoms with Crippen molar-refractivity contribution in [3.8, 4) is 0 Å². The van der Waals surface area contributed by atoms with Gasteiger partial charge in [0.1, 0.15) is 0 Å². The van der Waals surface area contributed by atoms with Gasteiger partial charge in [-0.2, -0.15) is 0 Å². The molecule has 1 aliphatic heterocycles. The van der Waals surface area contributed by atoms with Crippen LogP contribution in [0.1, 0.15) is 41.3 Å². The molecule has 1 amide bonds. The average Bonchev–Trinajstić information content (AvgIpc) is 2.97. The van der Waals surface area contributed by atoms with Crippen molar-refractivity contribution in [3.05, 3.63) is 35.4 Å². The van der Waals surface area contributed by atoms with Crippen LogP contribution in [0.3, 0.4) is 0 Å². The van der Waals surface area contributed by atoms with Crippen molar-refractivity contribution in [3.63, 3.8) is 0 Å². The minimum atomic E-state index is -0.198. The van der Waals surface area contributed by atoms with E-state index in [1.165, 1.54) is 17.1 Å². The first-order chi connectivity index (χ1) is 10.3. The summed E-state index contributed by atoms with van der Waals surface area (Å²) < 4.78 is 0.499. The van der Waals surface area contributed by atoms with Crippen molar-refractivity contribution in [2.75, 3.05) is 11.5 Å². The van der Waals surface area contributed by atoms with Crippen molar-refractivity contribution in [2.45, 2.75) is 30.9 Å². The number of hydrazine groups is 1. The first-order valence-corrected chi connectivity index (χ1v) is 9.57. The van der Waals surface area contributed by atoms with Gasteiger partial charge in [0.25, 0.3) is 5.91 Å². The van der Waals surface area contributed by atoms with Gasteiger partial charge in [0.2, 0.25) is 0 Å². The molecule has 0 aromatic heterocycles. The number of hydrogen-bond acceptors (Lipinski definition) is 4. The van der Waals surface area contributed by atoms with Crippen LogP contribution in [0.5, 0.6) is 0 Å². The van der Waals surface area contributed by atoms with Gasteiger partial charge in [-0.05, 0) is 50.7 Å². The number of benzene rings is 1. The second kappa shape index (κ2) is 7.57. The Balaban J connectivity index is 1.86. The monoisotopic (exact) mass is 355 g/mol. The predicted molar refractivity (Wildman–Crippen MR) is 100 cm³/mol. The molecule has 22 heavy (non-hydrogen) atoms. The molecule has 2 rings (SSSR count). The average molecular weight is 356 g/mol. The third kappa shape index (κ3) is 5.37. The molecule has 120 valence electrons. The highest BCUT2D eigenvalue weighted by atomic mass is 32.2. The molecule has 0 aliphatic carbocycles. The fourth-order valence-corrected chi connectivity index (χ4v) is 5.12. The SMILES string of the molecule is CC(C)(C)NC(=S)NNC(=O)c1ccc(C2SCCS2)cc1. The van der Waals surface area contributed by atoms with Crippen LogP contribution in [-0.4, -0.2) is 28.1 Å². The van der Waals surface area contributed by atoms with Crippen LogP contribution in [-0.2, 0) is 0 Å². The highest BCUT2D eigenvalue weighted by molar-refractivity contribution is 8.19. The lowest BCUT2D eigenvalue weighted by Crippen LogP contribution is -2.52. The van der Waals surface area contributed by atoms with E-state index in [1.807, 2.05) is 68.6 Å². The Labute approximate surface area is 145 Å². The van der Waals surface area contributed by atoms with E-state index < -0.39 is 0 Å². The molecule has 1 saturated heterocycles. The predicted octanol–water partition coefficient (Wildman–Crippen LogP) is 3.07. The van der Waals surface area contributed by atoms with E-state index in [0.717, 1.165) is 0 Å². The zero-order valence-corrected chi connectivity index (χ0v) is 15.4. The zero-order chi connectivity index (χ0) is 16.2. The lowest BCUT2D eigenvalue weighted by Gasteiger charge is -2.23. The molecule has 1 heterocycles. The first kappa shape index (κ1) is 17.4. The molecule has 1 aromatic rings. The quantitative estimate of drug-likeness (QED) is 0.560. The van der Waals surface area contributed by atoms with Gasteiger partial charge in [-0.3, -0.25) is 15.6 Å². The minimum absolute atomic E-state index is 0.146. The van der Waals surface area contributed by atoms with Crippen LogP contribution < -0.4 is 16.2 Å². The molecule has 1 aliphatic rings.